The molecule has 0 radical (unpaired) electrons. The van der Waals surface area contributed by atoms with Gasteiger partial charge in [-0.2, -0.15) is 0 Å². The van der Waals surface area contributed by atoms with Crippen LogP contribution in [0.1, 0.15) is 17.3 Å². The number of anilines is 1. The second kappa shape index (κ2) is 5.24. The molecular formula is C15H14N4O2. The zero-order valence-electron chi connectivity index (χ0n) is 11.4. The largest absolute Gasteiger partial charge is 0.506 e. The summed E-state index contributed by atoms with van der Waals surface area (Å²) >= 11 is 0. The Morgan fingerprint density at radius 2 is 2.10 bits per heavy atom. The van der Waals surface area contributed by atoms with Gasteiger partial charge < -0.3 is 10.4 Å². The highest BCUT2D eigenvalue weighted by Crippen LogP contribution is 2.22. The molecule has 0 saturated carbocycles. The molecule has 2 N–H and O–H groups in total. The van der Waals surface area contributed by atoms with Crippen LogP contribution >= 0.6 is 0 Å². The Morgan fingerprint density at radius 3 is 2.86 bits per heavy atom. The average Bonchev–Trinajstić information content (AvgIpc) is 2.91. The molecule has 106 valence electrons. The second-order valence-electron chi connectivity index (χ2n) is 4.58. The Kier molecular flexibility index (Phi) is 3.27. The SMILES string of the molecule is CCn1nnc2cc(C(=O)Nc3ccccc3O)ccc21. The molecule has 0 atom stereocenters. The number of carbonyl (C=O) groups is 1. The van der Waals surface area contributed by atoms with E-state index in [0.717, 1.165) is 12.1 Å². The van der Waals surface area contributed by atoms with Crippen LogP contribution in [0.25, 0.3) is 11.0 Å². The summed E-state index contributed by atoms with van der Waals surface area (Å²) in [6.07, 6.45) is 0. The highest BCUT2D eigenvalue weighted by atomic mass is 16.3. The number of aryl methyl sites for hydroxylation is 1. The minimum absolute atomic E-state index is 0.0313. The molecular weight excluding hydrogens is 268 g/mol. The summed E-state index contributed by atoms with van der Waals surface area (Å²) in [4.78, 5) is 12.2. The first-order valence-corrected chi connectivity index (χ1v) is 6.61. The first kappa shape index (κ1) is 13.1. The van der Waals surface area contributed by atoms with Crippen molar-refractivity contribution >= 4 is 22.6 Å². The van der Waals surface area contributed by atoms with Crippen molar-refractivity contribution in [1.29, 1.82) is 0 Å². The zero-order valence-corrected chi connectivity index (χ0v) is 11.4. The summed E-state index contributed by atoms with van der Waals surface area (Å²) in [6, 6.07) is 11.8. The van der Waals surface area contributed by atoms with Gasteiger partial charge in [0.1, 0.15) is 11.3 Å². The van der Waals surface area contributed by atoms with Gasteiger partial charge in [0, 0.05) is 12.1 Å². The third-order valence-electron chi connectivity index (χ3n) is 3.23. The van der Waals surface area contributed by atoms with E-state index in [1.165, 1.54) is 6.07 Å². The maximum atomic E-state index is 12.2. The van der Waals surface area contributed by atoms with Gasteiger partial charge in [-0.15, -0.1) is 5.10 Å². The summed E-state index contributed by atoms with van der Waals surface area (Å²) in [6.45, 7) is 2.70. The van der Waals surface area contributed by atoms with Gasteiger partial charge in [-0.05, 0) is 37.3 Å². The van der Waals surface area contributed by atoms with Gasteiger partial charge in [0.25, 0.3) is 5.91 Å². The second-order valence-corrected chi connectivity index (χ2v) is 4.58. The molecule has 21 heavy (non-hydrogen) atoms. The lowest BCUT2D eigenvalue weighted by Gasteiger charge is -2.07. The first-order chi connectivity index (χ1) is 10.2. The van der Waals surface area contributed by atoms with Crippen LogP contribution in [0.15, 0.2) is 42.5 Å². The number of amides is 1. The molecule has 0 unspecified atom stereocenters. The number of rotatable bonds is 3. The Bertz CT molecular complexity index is 810. The topological polar surface area (TPSA) is 80.0 Å². The minimum atomic E-state index is -0.301. The Hall–Kier alpha value is -2.89. The average molecular weight is 282 g/mol. The predicted molar refractivity (Wildman–Crippen MR) is 79.3 cm³/mol. The monoisotopic (exact) mass is 282 g/mol. The van der Waals surface area contributed by atoms with Gasteiger partial charge in [0.05, 0.1) is 11.2 Å². The van der Waals surface area contributed by atoms with Crippen LogP contribution in [0.4, 0.5) is 5.69 Å². The molecule has 1 heterocycles. The van der Waals surface area contributed by atoms with Gasteiger partial charge in [-0.25, -0.2) is 4.68 Å². The molecule has 2 aromatic carbocycles. The normalized spacial score (nSPS) is 10.7. The summed E-state index contributed by atoms with van der Waals surface area (Å²) in [5, 5.41) is 20.4. The molecule has 0 aliphatic heterocycles. The van der Waals surface area contributed by atoms with Crippen molar-refractivity contribution in [3.8, 4) is 5.75 Å². The molecule has 3 rings (SSSR count). The molecule has 1 amide bonds. The number of aromatic hydroxyl groups is 1. The van der Waals surface area contributed by atoms with Gasteiger partial charge in [0.15, 0.2) is 0 Å². The minimum Gasteiger partial charge on any atom is -0.506 e. The molecule has 0 bridgehead atoms. The fourth-order valence-electron chi connectivity index (χ4n) is 2.12. The van der Waals surface area contributed by atoms with Crippen LogP contribution in [-0.4, -0.2) is 26.0 Å². The van der Waals surface area contributed by atoms with Crippen molar-refractivity contribution in [1.82, 2.24) is 15.0 Å². The highest BCUT2D eigenvalue weighted by molar-refractivity contribution is 6.06. The van der Waals surface area contributed by atoms with Crippen molar-refractivity contribution in [3.05, 3.63) is 48.0 Å². The molecule has 1 aromatic heterocycles. The molecule has 0 fully saturated rings. The Balaban J connectivity index is 1.90. The van der Waals surface area contributed by atoms with Gasteiger partial charge >= 0.3 is 0 Å². The van der Waals surface area contributed by atoms with E-state index in [9.17, 15) is 9.90 Å². The molecule has 3 aromatic rings. The van der Waals surface area contributed by atoms with Crippen molar-refractivity contribution in [3.63, 3.8) is 0 Å². The van der Waals surface area contributed by atoms with E-state index < -0.39 is 0 Å². The lowest BCUT2D eigenvalue weighted by molar-refractivity contribution is 0.102. The van der Waals surface area contributed by atoms with E-state index >= 15 is 0 Å². The van der Waals surface area contributed by atoms with Crippen LogP contribution in [-0.2, 0) is 6.54 Å². The zero-order chi connectivity index (χ0) is 14.8. The van der Waals surface area contributed by atoms with Crippen LogP contribution < -0.4 is 5.32 Å². The first-order valence-electron chi connectivity index (χ1n) is 6.61. The Morgan fingerprint density at radius 1 is 1.29 bits per heavy atom. The van der Waals surface area contributed by atoms with Crippen molar-refractivity contribution in [2.45, 2.75) is 13.5 Å². The number of benzene rings is 2. The third-order valence-corrected chi connectivity index (χ3v) is 3.23. The number of aromatic nitrogens is 3. The van der Waals surface area contributed by atoms with Gasteiger partial charge in [0.2, 0.25) is 0 Å². The Labute approximate surface area is 121 Å². The predicted octanol–water partition coefficient (Wildman–Crippen LogP) is 2.41. The number of phenolic OH excluding ortho intramolecular Hbond substituents is 1. The number of para-hydroxylation sites is 2. The van der Waals surface area contributed by atoms with E-state index in [-0.39, 0.29) is 11.7 Å². The van der Waals surface area contributed by atoms with Crippen LogP contribution in [0.3, 0.4) is 0 Å². The summed E-state index contributed by atoms with van der Waals surface area (Å²) in [5.41, 5.74) is 2.40. The lowest BCUT2D eigenvalue weighted by Crippen LogP contribution is -2.11. The molecule has 0 aliphatic rings. The number of hydrogen-bond donors (Lipinski definition) is 2. The fraction of sp³-hybridized carbons (Fsp3) is 0.133. The smallest absolute Gasteiger partial charge is 0.255 e. The van der Waals surface area contributed by atoms with E-state index in [0.29, 0.717) is 16.8 Å². The quantitative estimate of drug-likeness (QED) is 0.723. The van der Waals surface area contributed by atoms with Gasteiger partial charge in [-0.1, -0.05) is 17.3 Å². The molecule has 6 heteroatoms. The maximum absolute atomic E-state index is 12.2. The number of phenols is 1. The van der Waals surface area contributed by atoms with Gasteiger partial charge in [-0.3, -0.25) is 4.79 Å². The maximum Gasteiger partial charge on any atom is 0.255 e. The molecule has 6 nitrogen and oxygen atoms in total. The van der Waals surface area contributed by atoms with Crippen molar-refractivity contribution in [2.24, 2.45) is 0 Å². The van der Waals surface area contributed by atoms with Crippen molar-refractivity contribution in [2.75, 3.05) is 5.32 Å². The molecule has 0 saturated heterocycles. The summed E-state index contributed by atoms with van der Waals surface area (Å²) < 4.78 is 1.76. The van der Waals surface area contributed by atoms with E-state index in [4.69, 9.17) is 0 Å². The fourth-order valence-corrected chi connectivity index (χ4v) is 2.12. The highest BCUT2D eigenvalue weighted by Gasteiger charge is 2.11. The van der Waals surface area contributed by atoms with Crippen LogP contribution in [0.5, 0.6) is 5.75 Å². The summed E-state index contributed by atoms with van der Waals surface area (Å²) in [5.74, 6) is -0.270. The number of hydrogen-bond acceptors (Lipinski definition) is 4. The number of nitrogens with one attached hydrogen (secondary N) is 1. The van der Waals surface area contributed by atoms with E-state index in [1.807, 2.05) is 13.0 Å². The number of nitrogens with zero attached hydrogens (tertiary/aromatic N) is 3. The molecule has 0 spiro atoms. The van der Waals surface area contributed by atoms with E-state index in [2.05, 4.69) is 15.6 Å². The standard InChI is InChI=1S/C15H14N4O2/c1-2-19-13-8-7-10(9-12(13)17-18-19)15(21)16-11-5-3-4-6-14(11)20/h3-9,20H,2H2,1H3,(H,16,21). The summed E-state index contributed by atoms with van der Waals surface area (Å²) in [7, 11) is 0. The number of carbonyl (C=O) groups excluding carboxylic acids is 1. The molecule has 0 aliphatic carbocycles. The van der Waals surface area contributed by atoms with Crippen LogP contribution in [0.2, 0.25) is 0 Å². The lowest BCUT2D eigenvalue weighted by atomic mass is 10.1. The van der Waals surface area contributed by atoms with E-state index in [1.54, 1.807) is 35.0 Å². The van der Waals surface area contributed by atoms with Crippen molar-refractivity contribution < 1.29 is 9.90 Å². The van der Waals surface area contributed by atoms with Crippen LogP contribution in [0, 0.1) is 0 Å². The third kappa shape index (κ3) is 2.43. The number of fused-ring (bicyclic) bond motifs is 1.